The zero-order valence-electron chi connectivity index (χ0n) is 31.2. The second-order valence-corrected chi connectivity index (χ2v) is 15.2. The van der Waals surface area contributed by atoms with E-state index in [0.717, 1.165) is 0 Å². The Morgan fingerprint density at radius 3 is 1.32 bits per heavy atom. The van der Waals surface area contributed by atoms with Gasteiger partial charge >= 0.3 is 0 Å². The van der Waals surface area contributed by atoms with Gasteiger partial charge in [-0.05, 0) is 134 Å². The number of hydrogen-bond donors (Lipinski definition) is 0. The van der Waals surface area contributed by atoms with E-state index >= 15 is 0 Å². The van der Waals surface area contributed by atoms with Crippen LogP contribution >= 0.6 is 0 Å². The Morgan fingerprint density at radius 2 is 0.696 bits per heavy atom. The zero-order valence-corrected chi connectivity index (χ0v) is 31.2. The lowest BCUT2D eigenvalue weighted by Crippen LogP contribution is -1.94. The maximum absolute atomic E-state index is 2.46. The van der Waals surface area contributed by atoms with Crippen LogP contribution in [-0.4, -0.2) is 0 Å². The van der Waals surface area contributed by atoms with Crippen molar-refractivity contribution in [3.05, 3.63) is 217 Å². The number of rotatable bonds is 5. The second-order valence-electron chi connectivity index (χ2n) is 15.2. The molecule has 0 aromatic heterocycles. The van der Waals surface area contributed by atoms with Gasteiger partial charge in [0.05, 0.1) is 0 Å². The van der Waals surface area contributed by atoms with Gasteiger partial charge in [-0.15, -0.1) is 0 Å². The van der Waals surface area contributed by atoms with Crippen molar-refractivity contribution >= 4 is 32.3 Å². The molecule has 0 aliphatic heterocycles. The van der Waals surface area contributed by atoms with Crippen LogP contribution in [0.3, 0.4) is 0 Å². The number of benzene rings is 10. The molecule has 0 N–H and O–H groups in total. The molecule has 262 valence electrons. The van der Waals surface area contributed by atoms with Crippen LogP contribution < -0.4 is 0 Å². The highest BCUT2D eigenvalue weighted by Gasteiger charge is 2.26. The Kier molecular flexibility index (Phi) is 7.57. The molecule has 0 spiro atoms. The molecule has 0 saturated carbocycles. The monoisotopic (exact) mass is 710 g/mol. The van der Waals surface area contributed by atoms with Crippen LogP contribution in [0.1, 0.15) is 24.0 Å². The van der Waals surface area contributed by atoms with Gasteiger partial charge in [0.1, 0.15) is 0 Å². The van der Waals surface area contributed by atoms with E-state index in [-0.39, 0.29) is 0 Å². The summed E-state index contributed by atoms with van der Waals surface area (Å²) >= 11 is 0. The van der Waals surface area contributed by atoms with Gasteiger partial charge in [-0.25, -0.2) is 0 Å². The van der Waals surface area contributed by atoms with Gasteiger partial charge in [0, 0.05) is 5.92 Å². The smallest absolute Gasteiger partial charge is 0.00735 e. The van der Waals surface area contributed by atoms with Crippen molar-refractivity contribution in [1.29, 1.82) is 0 Å². The molecule has 1 aliphatic carbocycles. The van der Waals surface area contributed by atoms with Crippen LogP contribution in [0.25, 0.3) is 99.1 Å². The molecule has 0 saturated heterocycles. The predicted octanol–water partition coefficient (Wildman–Crippen LogP) is 15.6. The predicted molar refractivity (Wildman–Crippen MR) is 239 cm³/mol. The third-order valence-corrected chi connectivity index (χ3v) is 12.1. The van der Waals surface area contributed by atoms with Crippen molar-refractivity contribution in [2.24, 2.45) is 0 Å². The summed E-state index contributed by atoms with van der Waals surface area (Å²) in [6, 6.07) is 76.4. The highest BCUT2D eigenvalue weighted by atomic mass is 14.3. The Hall–Kier alpha value is -7.02. The summed E-state index contributed by atoms with van der Waals surface area (Å²) in [5.74, 6) is 0.361. The maximum atomic E-state index is 2.46. The summed E-state index contributed by atoms with van der Waals surface area (Å²) in [5.41, 5.74) is 18.0. The third-order valence-electron chi connectivity index (χ3n) is 12.1. The summed E-state index contributed by atoms with van der Waals surface area (Å²) in [6.07, 6.45) is 0. The van der Waals surface area contributed by atoms with E-state index in [0.29, 0.717) is 5.92 Å². The second kappa shape index (κ2) is 13.1. The topological polar surface area (TPSA) is 0 Å². The molecule has 0 bridgehead atoms. The molecule has 0 heterocycles. The lowest BCUT2D eigenvalue weighted by molar-refractivity contribution is 0.957. The van der Waals surface area contributed by atoms with Gasteiger partial charge in [0.2, 0.25) is 0 Å². The van der Waals surface area contributed by atoms with Crippen LogP contribution in [0.15, 0.2) is 206 Å². The first-order valence-corrected chi connectivity index (χ1v) is 19.7. The van der Waals surface area contributed by atoms with Crippen LogP contribution in [0.4, 0.5) is 0 Å². The molecule has 0 heteroatoms. The molecular weight excluding hydrogens is 673 g/mol. The molecule has 10 aromatic carbocycles. The third kappa shape index (κ3) is 5.14. The quantitative estimate of drug-likeness (QED) is 0.156. The van der Waals surface area contributed by atoms with Gasteiger partial charge in [-0.2, -0.15) is 0 Å². The Labute approximate surface area is 328 Å². The summed E-state index contributed by atoms with van der Waals surface area (Å²) in [7, 11) is 0. The Bertz CT molecular complexity index is 3020. The number of fused-ring (bicyclic) bond motifs is 6. The molecule has 0 fully saturated rings. The molecule has 11 rings (SSSR count). The van der Waals surface area contributed by atoms with E-state index < -0.39 is 0 Å². The fourth-order valence-electron chi connectivity index (χ4n) is 9.50. The summed E-state index contributed by atoms with van der Waals surface area (Å²) in [6.45, 7) is 2.35. The van der Waals surface area contributed by atoms with Gasteiger partial charge in [0.15, 0.2) is 0 Å². The molecule has 1 aliphatic rings. The first kappa shape index (κ1) is 32.4. The molecule has 1 unspecified atom stereocenters. The van der Waals surface area contributed by atoms with E-state index in [4.69, 9.17) is 0 Å². The SMILES string of the molecule is CC1c2ccccc2-c2ccc(-c3c4ccccc4c(-c4cccc5c(-c6cc(-c7ccccc7)cc(-c7ccccc7)c6)cccc45)c4ccccc34)cc21. The molecule has 1 atom stereocenters. The highest BCUT2D eigenvalue weighted by Crippen LogP contribution is 2.50. The van der Waals surface area contributed by atoms with Crippen molar-refractivity contribution in [2.45, 2.75) is 12.8 Å². The van der Waals surface area contributed by atoms with E-state index in [1.54, 1.807) is 0 Å². The first-order valence-electron chi connectivity index (χ1n) is 19.7. The summed E-state index contributed by atoms with van der Waals surface area (Å²) < 4.78 is 0. The fourth-order valence-corrected chi connectivity index (χ4v) is 9.50. The average molecular weight is 711 g/mol. The molecule has 0 amide bonds. The first-order chi connectivity index (χ1) is 27.7. The van der Waals surface area contributed by atoms with Crippen LogP contribution in [0, 0.1) is 0 Å². The van der Waals surface area contributed by atoms with Crippen LogP contribution in [0.2, 0.25) is 0 Å². The minimum atomic E-state index is 0.361. The largest absolute Gasteiger partial charge is 0.0622 e. The molecule has 0 radical (unpaired) electrons. The van der Waals surface area contributed by atoms with Crippen LogP contribution in [0.5, 0.6) is 0 Å². The Balaban J connectivity index is 1.13. The summed E-state index contributed by atoms with van der Waals surface area (Å²) in [5, 5.41) is 7.60. The summed E-state index contributed by atoms with van der Waals surface area (Å²) in [4.78, 5) is 0. The van der Waals surface area contributed by atoms with Crippen molar-refractivity contribution in [3.8, 4) is 66.8 Å². The molecule has 0 nitrogen and oxygen atoms in total. The van der Waals surface area contributed by atoms with Crippen molar-refractivity contribution in [2.75, 3.05) is 0 Å². The van der Waals surface area contributed by atoms with E-state index in [2.05, 4.69) is 213 Å². The lowest BCUT2D eigenvalue weighted by atomic mass is 9.83. The molecule has 56 heavy (non-hydrogen) atoms. The van der Waals surface area contributed by atoms with Gasteiger partial charge in [-0.1, -0.05) is 189 Å². The van der Waals surface area contributed by atoms with Crippen molar-refractivity contribution < 1.29 is 0 Å². The van der Waals surface area contributed by atoms with Gasteiger partial charge in [0.25, 0.3) is 0 Å². The van der Waals surface area contributed by atoms with E-state index in [1.807, 2.05) is 0 Å². The lowest BCUT2D eigenvalue weighted by Gasteiger charge is -2.20. The minimum absolute atomic E-state index is 0.361. The van der Waals surface area contributed by atoms with Gasteiger partial charge < -0.3 is 0 Å². The van der Waals surface area contributed by atoms with Crippen molar-refractivity contribution in [1.82, 2.24) is 0 Å². The molecule has 10 aromatic rings. The van der Waals surface area contributed by atoms with Gasteiger partial charge in [-0.3, -0.25) is 0 Å². The molecular formula is C56H38. The van der Waals surface area contributed by atoms with Crippen LogP contribution in [-0.2, 0) is 0 Å². The maximum Gasteiger partial charge on any atom is 0.00735 e. The highest BCUT2D eigenvalue weighted by molar-refractivity contribution is 6.24. The number of hydrogen-bond acceptors (Lipinski definition) is 0. The van der Waals surface area contributed by atoms with E-state index in [9.17, 15) is 0 Å². The standard InChI is InChI=1S/C56H38/c1-36-43-20-8-9-21-45(43)48-31-30-39(35-54(36)48)55-50-22-10-12-24-52(50)56(53-25-13-11-23-51(53)55)49-29-15-27-46-44(26-14-28-47(46)49)42-33-40(37-16-4-2-5-17-37)32-41(34-42)38-18-6-3-7-19-38/h2-36H,1H3. The van der Waals surface area contributed by atoms with E-state index in [1.165, 1.54) is 110 Å². The van der Waals surface area contributed by atoms with Crippen molar-refractivity contribution in [3.63, 3.8) is 0 Å². The minimum Gasteiger partial charge on any atom is -0.0622 e. The normalized spacial score (nSPS) is 13.3. The average Bonchev–Trinajstić information content (AvgIpc) is 3.56. The Morgan fingerprint density at radius 1 is 0.250 bits per heavy atom. The fraction of sp³-hybridized carbons (Fsp3) is 0.0357. The zero-order chi connectivity index (χ0) is 37.2.